The van der Waals surface area contributed by atoms with Gasteiger partial charge in [-0.25, -0.2) is 0 Å². The lowest BCUT2D eigenvalue weighted by Crippen LogP contribution is -2.51. The molecule has 22 heavy (non-hydrogen) atoms. The molecule has 1 saturated heterocycles. The molecule has 1 fully saturated rings. The van der Waals surface area contributed by atoms with Gasteiger partial charge < -0.3 is 10.2 Å². The summed E-state index contributed by atoms with van der Waals surface area (Å²) in [6.45, 7) is 10.0. The van der Waals surface area contributed by atoms with Crippen LogP contribution in [0.5, 0.6) is 0 Å². The highest BCUT2D eigenvalue weighted by atomic mass is 32.1. The van der Waals surface area contributed by atoms with E-state index in [4.69, 9.17) is 0 Å². The van der Waals surface area contributed by atoms with Gasteiger partial charge in [0.1, 0.15) is 0 Å². The molecular weight excluding hydrogens is 294 g/mol. The fourth-order valence-electron chi connectivity index (χ4n) is 2.73. The van der Waals surface area contributed by atoms with Crippen LogP contribution in [0.3, 0.4) is 0 Å². The Hall–Kier alpha value is -1.20. The van der Waals surface area contributed by atoms with E-state index in [0.717, 1.165) is 37.4 Å². The number of hydrogen-bond donors (Lipinski definition) is 2. The van der Waals surface area contributed by atoms with Crippen molar-refractivity contribution in [3.8, 4) is 0 Å². The molecule has 0 bridgehead atoms. The monoisotopic (exact) mass is 321 g/mol. The van der Waals surface area contributed by atoms with Crippen LogP contribution < -0.4 is 5.32 Å². The summed E-state index contributed by atoms with van der Waals surface area (Å²) >= 11 is 4.31. The number of nitrogens with zero attached hydrogens (tertiary/aromatic N) is 2. The topological polar surface area (TPSA) is 35.6 Å². The molecule has 122 valence electrons. The molecule has 0 spiro atoms. The summed E-state index contributed by atoms with van der Waals surface area (Å²) in [6, 6.07) is 8.60. The Morgan fingerprint density at radius 2 is 1.73 bits per heavy atom. The second-order valence-electron chi connectivity index (χ2n) is 6.20. The van der Waals surface area contributed by atoms with Crippen LogP contribution in [0.25, 0.3) is 0 Å². The maximum atomic E-state index is 12.4. The van der Waals surface area contributed by atoms with Crippen molar-refractivity contribution in [2.75, 3.05) is 31.5 Å². The molecule has 1 N–H and O–H groups in total. The number of anilines is 1. The quantitative estimate of drug-likeness (QED) is 0.646. The first-order valence-corrected chi connectivity index (χ1v) is 8.52. The molecular formula is C17H27N3OS. The molecule has 4 nitrogen and oxygen atoms in total. The van der Waals surface area contributed by atoms with Crippen LogP contribution >= 0.6 is 12.6 Å². The number of rotatable bonds is 5. The summed E-state index contributed by atoms with van der Waals surface area (Å²) in [5.74, 6) is 0.228. The Morgan fingerprint density at radius 3 is 2.23 bits per heavy atom. The Balaban J connectivity index is 1.84. The normalized spacial score (nSPS) is 17.6. The second-order valence-corrected chi connectivity index (χ2v) is 6.98. The van der Waals surface area contributed by atoms with Gasteiger partial charge in [-0.15, -0.1) is 0 Å². The predicted molar refractivity (Wildman–Crippen MR) is 95.5 cm³/mol. The smallest absolute Gasteiger partial charge is 0.227 e. The number of nitrogens with one attached hydrogen (secondary N) is 1. The lowest BCUT2D eigenvalue weighted by molar-refractivity contribution is -0.132. The summed E-state index contributed by atoms with van der Waals surface area (Å²) in [6.07, 6.45) is 0.485. The molecule has 0 aliphatic carbocycles. The summed E-state index contributed by atoms with van der Waals surface area (Å²) in [7, 11) is 0. The third-order valence-corrected chi connectivity index (χ3v) is 4.21. The van der Waals surface area contributed by atoms with Crippen LogP contribution in [0, 0.1) is 0 Å². The number of benzene rings is 1. The van der Waals surface area contributed by atoms with E-state index in [0.29, 0.717) is 12.5 Å². The molecule has 1 aliphatic rings. The average Bonchev–Trinajstić information content (AvgIpc) is 2.49. The van der Waals surface area contributed by atoms with E-state index in [1.165, 1.54) is 0 Å². The van der Waals surface area contributed by atoms with Gasteiger partial charge in [0.25, 0.3) is 0 Å². The molecule has 0 aromatic heterocycles. The zero-order valence-corrected chi connectivity index (χ0v) is 14.6. The molecule has 1 aromatic rings. The Kier molecular flexibility index (Phi) is 6.15. The lowest BCUT2D eigenvalue weighted by Gasteiger charge is -2.37. The van der Waals surface area contributed by atoms with Crippen LogP contribution in [0.4, 0.5) is 5.69 Å². The summed E-state index contributed by atoms with van der Waals surface area (Å²) in [5, 5.41) is 3.34. The summed E-state index contributed by atoms with van der Waals surface area (Å²) in [4.78, 5) is 16.8. The first-order chi connectivity index (χ1) is 10.5. The second kappa shape index (κ2) is 7.88. The summed E-state index contributed by atoms with van der Waals surface area (Å²) < 4.78 is 0. The fourth-order valence-corrected chi connectivity index (χ4v) is 2.88. The van der Waals surface area contributed by atoms with Crippen molar-refractivity contribution in [2.45, 2.75) is 38.6 Å². The van der Waals surface area contributed by atoms with E-state index in [1.54, 1.807) is 0 Å². The molecule has 1 aliphatic heterocycles. The lowest BCUT2D eigenvalue weighted by atomic mass is 10.1. The number of piperazine rings is 1. The third-order valence-electron chi connectivity index (χ3n) is 4.08. The van der Waals surface area contributed by atoms with Gasteiger partial charge in [-0.2, -0.15) is 12.6 Å². The molecule has 1 aromatic carbocycles. The van der Waals surface area contributed by atoms with E-state index in [2.05, 4.69) is 36.7 Å². The van der Waals surface area contributed by atoms with Gasteiger partial charge in [-0.1, -0.05) is 12.1 Å². The molecule has 1 heterocycles. The van der Waals surface area contributed by atoms with Gasteiger partial charge in [0.05, 0.1) is 11.8 Å². The fraction of sp³-hybridized carbons (Fsp3) is 0.588. The maximum Gasteiger partial charge on any atom is 0.227 e. The molecule has 5 heteroatoms. The highest BCUT2D eigenvalue weighted by Gasteiger charge is 2.22. The minimum absolute atomic E-state index is 0.115. The van der Waals surface area contributed by atoms with Crippen LogP contribution in [0.2, 0.25) is 0 Å². The number of carbonyl (C=O) groups excluding carboxylic acids is 1. The predicted octanol–water partition coefficient (Wildman–Crippen LogP) is 2.47. The number of hydrogen-bond acceptors (Lipinski definition) is 4. The van der Waals surface area contributed by atoms with E-state index in [1.807, 2.05) is 36.1 Å². The zero-order valence-electron chi connectivity index (χ0n) is 13.7. The molecule has 0 saturated carbocycles. The van der Waals surface area contributed by atoms with Crippen molar-refractivity contribution < 1.29 is 4.79 Å². The SMILES string of the molecule is CC(S)Nc1ccc(CC(=O)N2CCN(C(C)C)CC2)cc1. The van der Waals surface area contributed by atoms with E-state index in [-0.39, 0.29) is 11.3 Å². The first kappa shape index (κ1) is 17.2. The standard InChI is InChI=1S/C17H27N3OS/c1-13(2)19-8-10-20(11-9-19)17(21)12-15-4-6-16(7-5-15)18-14(3)22/h4-7,13-14,18,22H,8-12H2,1-3H3. The minimum atomic E-state index is 0.115. The summed E-state index contributed by atoms with van der Waals surface area (Å²) in [5.41, 5.74) is 2.10. The largest absolute Gasteiger partial charge is 0.374 e. The van der Waals surface area contributed by atoms with Gasteiger partial charge in [-0.3, -0.25) is 9.69 Å². The molecule has 0 radical (unpaired) electrons. The van der Waals surface area contributed by atoms with E-state index in [9.17, 15) is 4.79 Å². The van der Waals surface area contributed by atoms with Crippen LogP contribution in [-0.2, 0) is 11.2 Å². The van der Waals surface area contributed by atoms with Gasteiger partial charge in [-0.05, 0) is 38.5 Å². The Labute approximate surface area is 139 Å². The van der Waals surface area contributed by atoms with Crippen LogP contribution in [0.15, 0.2) is 24.3 Å². The van der Waals surface area contributed by atoms with E-state index >= 15 is 0 Å². The van der Waals surface area contributed by atoms with Gasteiger partial charge in [0, 0.05) is 37.9 Å². The van der Waals surface area contributed by atoms with Crippen molar-refractivity contribution in [2.24, 2.45) is 0 Å². The van der Waals surface area contributed by atoms with Gasteiger partial charge >= 0.3 is 0 Å². The van der Waals surface area contributed by atoms with Crippen molar-refractivity contribution in [1.29, 1.82) is 0 Å². The zero-order chi connectivity index (χ0) is 16.1. The van der Waals surface area contributed by atoms with Crippen LogP contribution in [0.1, 0.15) is 26.3 Å². The number of thiol groups is 1. The van der Waals surface area contributed by atoms with Crippen molar-refractivity contribution in [1.82, 2.24) is 9.80 Å². The number of carbonyl (C=O) groups is 1. The van der Waals surface area contributed by atoms with Crippen molar-refractivity contribution in [3.63, 3.8) is 0 Å². The van der Waals surface area contributed by atoms with Crippen LogP contribution in [-0.4, -0.2) is 53.3 Å². The maximum absolute atomic E-state index is 12.4. The van der Waals surface area contributed by atoms with Crippen molar-refractivity contribution >= 4 is 24.2 Å². The molecule has 1 atom stereocenters. The average molecular weight is 321 g/mol. The highest BCUT2D eigenvalue weighted by Crippen LogP contribution is 2.14. The Bertz CT molecular complexity index is 479. The number of amides is 1. The Morgan fingerprint density at radius 1 is 1.14 bits per heavy atom. The molecule has 1 amide bonds. The van der Waals surface area contributed by atoms with E-state index < -0.39 is 0 Å². The molecule has 2 rings (SSSR count). The van der Waals surface area contributed by atoms with Crippen molar-refractivity contribution in [3.05, 3.63) is 29.8 Å². The first-order valence-electron chi connectivity index (χ1n) is 8.01. The van der Waals surface area contributed by atoms with Gasteiger partial charge in [0.15, 0.2) is 0 Å². The molecule has 1 unspecified atom stereocenters. The highest BCUT2D eigenvalue weighted by molar-refractivity contribution is 7.81. The van der Waals surface area contributed by atoms with Gasteiger partial charge in [0.2, 0.25) is 5.91 Å². The minimum Gasteiger partial charge on any atom is -0.374 e. The third kappa shape index (κ3) is 4.92.